The second-order valence-corrected chi connectivity index (χ2v) is 6.50. The van der Waals surface area contributed by atoms with Gasteiger partial charge in [-0.2, -0.15) is 0 Å². The van der Waals surface area contributed by atoms with E-state index >= 15 is 0 Å². The van der Waals surface area contributed by atoms with E-state index in [4.69, 9.17) is 0 Å². The number of carbonyl (C=O) groups is 1. The molecule has 14 heavy (non-hydrogen) atoms. The molecule has 1 heterocycles. The highest BCUT2D eigenvalue weighted by Gasteiger charge is 2.38. The Bertz CT molecular complexity index is 345. The van der Waals surface area contributed by atoms with Gasteiger partial charge in [-0.1, -0.05) is 0 Å². The minimum absolute atomic E-state index is 0.130. The molecule has 1 saturated carbocycles. The van der Waals surface area contributed by atoms with Gasteiger partial charge in [-0.05, 0) is 19.8 Å². The Labute approximate surface area is 84.2 Å². The summed E-state index contributed by atoms with van der Waals surface area (Å²) < 4.78 is 22.6. The SMILES string of the molecule is CC1CS(=O)(=O)CCN1C(=O)C1CC1. The molecule has 80 valence electrons. The topological polar surface area (TPSA) is 54.5 Å². The molecule has 0 N–H and O–H groups in total. The lowest BCUT2D eigenvalue weighted by molar-refractivity contribution is -0.134. The molecule has 0 radical (unpaired) electrons. The van der Waals surface area contributed by atoms with Crippen molar-refractivity contribution in [2.24, 2.45) is 5.92 Å². The van der Waals surface area contributed by atoms with Crippen LogP contribution in [0.1, 0.15) is 19.8 Å². The largest absolute Gasteiger partial charge is 0.338 e. The van der Waals surface area contributed by atoms with Crippen LogP contribution in [0.3, 0.4) is 0 Å². The highest BCUT2D eigenvalue weighted by atomic mass is 32.2. The predicted octanol–water partition coefficient (Wildman–Crippen LogP) is 0.0419. The Morgan fingerprint density at radius 3 is 2.50 bits per heavy atom. The fourth-order valence-corrected chi connectivity index (χ4v) is 3.45. The number of amides is 1. The molecular weight excluding hydrogens is 202 g/mol. The lowest BCUT2D eigenvalue weighted by Crippen LogP contribution is -2.50. The molecule has 1 saturated heterocycles. The summed E-state index contributed by atoms with van der Waals surface area (Å²) >= 11 is 0. The summed E-state index contributed by atoms with van der Waals surface area (Å²) in [6.45, 7) is 2.20. The molecule has 0 bridgehead atoms. The molecule has 0 aromatic heterocycles. The van der Waals surface area contributed by atoms with E-state index in [9.17, 15) is 13.2 Å². The van der Waals surface area contributed by atoms with Gasteiger partial charge >= 0.3 is 0 Å². The van der Waals surface area contributed by atoms with Gasteiger partial charge < -0.3 is 4.90 Å². The molecule has 2 rings (SSSR count). The maximum Gasteiger partial charge on any atom is 0.225 e. The van der Waals surface area contributed by atoms with Gasteiger partial charge in [-0.15, -0.1) is 0 Å². The normalized spacial score (nSPS) is 31.5. The van der Waals surface area contributed by atoms with E-state index in [2.05, 4.69) is 0 Å². The third kappa shape index (κ3) is 1.92. The van der Waals surface area contributed by atoms with Crippen LogP contribution in [0, 0.1) is 5.92 Å². The minimum Gasteiger partial charge on any atom is -0.338 e. The monoisotopic (exact) mass is 217 g/mol. The lowest BCUT2D eigenvalue weighted by Gasteiger charge is -2.33. The second-order valence-electron chi connectivity index (χ2n) is 4.27. The molecule has 1 aliphatic heterocycles. The molecule has 1 unspecified atom stereocenters. The Morgan fingerprint density at radius 2 is 2.00 bits per heavy atom. The quantitative estimate of drug-likeness (QED) is 0.623. The van der Waals surface area contributed by atoms with Crippen molar-refractivity contribution in [2.75, 3.05) is 18.1 Å². The van der Waals surface area contributed by atoms with E-state index < -0.39 is 9.84 Å². The average Bonchev–Trinajstić information content (AvgIpc) is 2.83. The predicted molar refractivity (Wildman–Crippen MR) is 52.6 cm³/mol. The Hall–Kier alpha value is -0.580. The van der Waals surface area contributed by atoms with Crippen LogP contribution in [0.25, 0.3) is 0 Å². The third-order valence-electron chi connectivity index (χ3n) is 2.88. The van der Waals surface area contributed by atoms with Crippen LogP contribution in [-0.2, 0) is 14.6 Å². The Morgan fingerprint density at radius 1 is 1.36 bits per heavy atom. The first-order valence-corrected chi connectivity index (χ1v) is 6.82. The van der Waals surface area contributed by atoms with Crippen LogP contribution in [-0.4, -0.2) is 43.3 Å². The van der Waals surface area contributed by atoms with Gasteiger partial charge in [0, 0.05) is 18.5 Å². The van der Waals surface area contributed by atoms with E-state index in [1.807, 2.05) is 6.92 Å². The van der Waals surface area contributed by atoms with E-state index in [0.29, 0.717) is 6.54 Å². The zero-order valence-electron chi connectivity index (χ0n) is 8.27. The molecule has 5 heteroatoms. The van der Waals surface area contributed by atoms with Crippen molar-refractivity contribution in [3.8, 4) is 0 Å². The van der Waals surface area contributed by atoms with Crippen molar-refractivity contribution in [1.82, 2.24) is 4.90 Å². The molecule has 0 spiro atoms. The number of hydrogen-bond donors (Lipinski definition) is 0. The molecule has 2 aliphatic rings. The Balaban J connectivity index is 2.04. The van der Waals surface area contributed by atoms with Crippen molar-refractivity contribution in [3.63, 3.8) is 0 Å². The minimum atomic E-state index is -2.90. The summed E-state index contributed by atoms with van der Waals surface area (Å²) in [6, 6.07) is -0.137. The van der Waals surface area contributed by atoms with Crippen LogP contribution in [0.4, 0.5) is 0 Å². The van der Waals surface area contributed by atoms with Crippen LogP contribution in [0.5, 0.6) is 0 Å². The van der Waals surface area contributed by atoms with Gasteiger partial charge in [0.15, 0.2) is 9.84 Å². The van der Waals surface area contributed by atoms with Crippen molar-refractivity contribution >= 4 is 15.7 Å². The molecule has 2 fully saturated rings. The van der Waals surface area contributed by atoms with Crippen LogP contribution < -0.4 is 0 Å². The van der Waals surface area contributed by atoms with Gasteiger partial charge in [-0.25, -0.2) is 8.42 Å². The van der Waals surface area contributed by atoms with Crippen LogP contribution in [0.2, 0.25) is 0 Å². The standard InChI is InChI=1S/C9H15NO3S/c1-7-6-14(12,13)5-4-10(7)9(11)8-2-3-8/h7-8H,2-6H2,1H3. The van der Waals surface area contributed by atoms with Gasteiger partial charge in [-0.3, -0.25) is 4.79 Å². The number of carbonyl (C=O) groups excluding carboxylic acids is 1. The van der Waals surface area contributed by atoms with Crippen LogP contribution >= 0.6 is 0 Å². The zero-order valence-corrected chi connectivity index (χ0v) is 9.09. The molecule has 1 aliphatic carbocycles. The number of rotatable bonds is 1. The maximum atomic E-state index is 11.7. The van der Waals surface area contributed by atoms with Gasteiger partial charge in [0.25, 0.3) is 0 Å². The number of nitrogens with zero attached hydrogens (tertiary/aromatic N) is 1. The highest BCUT2D eigenvalue weighted by Crippen LogP contribution is 2.32. The number of hydrogen-bond acceptors (Lipinski definition) is 3. The average molecular weight is 217 g/mol. The summed E-state index contributed by atoms with van der Waals surface area (Å²) in [5, 5.41) is 0. The zero-order chi connectivity index (χ0) is 10.3. The summed E-state index contributed by atoms with van der Waals surface area (Å²) in [5.74, 6) is 0.618. The lowest BCUT2D eigenvalue weighted by atomic mass is 10.2. The van der Waals surface area contributed by atoms with Crippen LogP contribution in [0.15, 0.2) is 0 Å². The fourth-order valence-electron chi connectivity index (χ4n) is 1.89. The van der Waals surface area contributed by atoms with Crippen molar-refractivity contribution in [3.05, 3.63) is 0 Å². The molecule has 0 aromatic carbocycles. The van der Waals surface area contributed by atoms with E-state index in [1.165, 1.54) is 0 Å². The molecular formula is C9H15NO3S. The summed E-state index contributed by atoms with van der Waals surface area (Å²) in [7, 11) is -2.90. The molecule has 1 amide bonds. The summed E-state index contributed by atoms with van der Waals surface area (Å²) in [5.41, 5.74) is 0. The smallest absolute Gasteiger partial charge is 0.225 e. The first-order chi connectivity index (χ1) is 6.49. The van der Waals surface area contributed by atoms with E-state index in [1.54, 1.807) is 4.90 Å². The Kier molecular flexibility index (Phi) is 2.29. The first kappa shape index (κ1) is 9.96. The summed E-state index contributed by atoms with van der Waals surface area (Å²) in [6.07, 6.45) is 1.96. The first-order valence-electron chi connectivity index (χ1n) is 5.00. The maximum absolute atomic E-state index is 11.7. The fraction of sp³-hybridized carbons (Fsp3) is 0.889. The van der Waals surface area contributed by atoms with Gasteiger partial charge in [0.1, 0.15) is 0 Å². The van der Waals surface area contributed by atoms with E-state index in [-0.39, 0.29) is 29.4 Å². The van der Waals surface area contributed by atoms with Gasteiger partial charge in [0.2, 0.25) is 5.91 Å². The number of sulfone groups is 1. The van der Waals surface area contributed by atoms with E-state index in [0.717, 1.165) is 12.8 Å². The summed E-state index contributed by atoms with van der Waals surface area (Å²) in [4.78, 5) is 13.4. The highest BCUT2D eigenvalue weighted by molar-refractivity contribution is 7.91. The molecule has 1 atom stereocenters. The van der Waals surface area contributed by atoms with Crippen molar-refractivity contribution < 1.29 is 13.2 Å². The third-order valence-corrected chi connectivity index (χ3v) is 4.67. The molecule has 4 nitrogen and oxygen atoms in total. The second kappa shape index (κ2) is 3.22. The van der Waals surface area contributed by atoms with Crippen molar-refractivity contribution in [1.29, 1.82) is 0 Å². The molecule has 0 aromatic rings. The van der Waals surface area contributed by atoms with Gasteiger partial charge in [0.05, 0.1) is 11.5 Å². The van der Waals surface area contributed by atoms with Crippen molar-refractivity contribution in [2.45, 2.75) is 25.8 Å².